The Morgan fingerprint density at radius 2 is 1.21 bits per heavy atom. The number of benzene rings is 3. The molecule has 3 aromatic carbocycles. The SMILES string of the molecule is Cc1cc(-c2ccc(-c3cc(C)c(OCCCC4CO4)c(OCOCC4CO4)c3)c(C)c2C)ccc1OCOCC1CO1. The van der Waals surface area contributed by atoms with Crippen molar-refractivity contribution in [1.29, 1.82) is 0 Å². The monoisotopic (exact) mass is 590 g/mol. The molecule has 3 heterocycles. The number of hydrogen-bond donors (Lipinski definition) is 0. The van der Waals surface area contributed by atoms with Crippen LogP contribution >= 0.6 is 0 Å². The van der Waals surface area contributed by atoms with Crippen LogP contribution in [0, 0.1) is 27.7 Å². The molecule has 3 unspecified atom stereocenters. The van der Waals surface area contributed by atoms with E-state index in [9.17, 15) is 0 Å². The summed E-state index contributed by atoms with van der Waals surface area (Å²) in [6, 6.07) is 14.9. The summed E-state index contributed by atoms with van der Waals surface area (Å²) in [5.74, 6) is 2.28. The van der Waals surface area contributed by atoms with Crippen LogP contribution in [0.15, 0.2) is 42.5 Å². The molecule has 0 radical (unpaired) electrons. The maximum absolute atomic E-state index is 6.24. The zero-order valence-corrected chi connectivity index (χ0v) is 25.6. The predicted octanol–water partition coefficient (Wildman–Crippen LogP) is 6.32. The summed E-state index contributed by atoms with van der Waals surface area (Å²) in [4.78, 5) is 0. The van der Waals surface area contributed by atoms with Gasteiger partial charge in [0, 0.05) is 0 Å². The highest BCUT2D eigenvalue weighted by Crippen LogP contribution is 2.40. The van der Waals surface area contributed by atoms with Crippen LogP contribution in [0.5, 0.6) is 17.2 Å². The Morgan fingerprint density at radius 3 is 1.81 bits per heavy atom. The summed E-state index contributed by atoms with van der Waals surface area (Å²) in [5.41, 5.74) is 9.14. The maximum atomic E-state index is 6.24. The molecule has 3 aliphatic rings. The molecule has 0 aromatic heterocycles. The van der Waals surface area contributed by atoms with Crippen molar-refractivity contribution in [2.24, 2.45) is 0 Å². The van der Waals surface area contributed by atoms with Crippen LogP contribution in [0.2, 0.25) is 0 Å². The molecule has 3 saturated heterocycles. The van der Waals surface area contributed by atoms with E-state index in [0.29, 0.717) is 31.7 Å². The van der Waals surface area contributed by atoms with Gasteiger partial charge in [-0.1, -0.05) is 18.2 Å². The average molecular weight is 591 g/mol. The molecule has 230 valence electrons. The van der Waals surface area contributed by atoms with E-state index in [0.717, 1.165) is 72.0 Å². The Hall–Kier alpha value is -3.14. The second-order valence-electron chi connectivity index (χ2n) is 11.6. The third kappa shape index (κ3) is 8.08. The Labute approximate surface area is 254 Å². The molecule has 8 heteroatoms. The number of rotatable bonds is 17. The normalized spacial score (nSPS) is 20.1. The van der Waals surface area contributed by atoms with Gasteiger partial charge in [-0.05, 0) is 109 Å². The Balaban J connectivity index is 1.18. The molecule has 3 atom stereocenters. The summed E-state index contributed by atoms with van der Waals surface area (Å²) in [7, 11) is 0. The van der Waals surface area contributed by atoms with Crippen molar-refractivity contribution in [2.45, 2.75) is 58.8 Å². The van der Waals surface area contributed by atoms with Gasteiger partial charge >= 0.3 is 0 Å². The van der Waals surface area contributed by atoms with Gasteiger partial charge in [0.15, 0.2) is 25.1 Å². The van der Waals surface area contributed by atoms with Crippen LogP contribution < -0.4 is 14.2 Å². The molecule has 3 aromatic rings. The predicted molar refractivity (Wildman–Crippen MR) is 163 cm³/mol. The van der Waals surface area contributed by atoms with Crippen LogP contribution in [0.25, 0.3) is 22.3 Å². The highest BCUT2D eigenvalue weighted by molar-refractivity contribution is 5.79. The van der Waals surface area contributed by atoms with E-state index in [1.54, 1.807) is 0 Å². The molecule has 3 aliphatic heterocycles. The lowest BCUT2D eigenvalue weighted by molar-refractivity contribution is 0.00658. The largest absolute Gasteiger partial charge is 0.489 e. The lowest BCUT2D eigenvalue weighted by atomic mass is 9.89. The third-order valence-electron chi connectivity index (χ3n) is 8.15. The van der Waals surface area contributed by atoms with Crippen LogP contribution in [-0.4, -0.2) is 71.5 Å². The molecular weight excluding hydrogens is 548 g/mol. The molecule has 0 spiro atoms. The standard InChI is InChI=1S/C35H42O8/c1-22-12-26(7-10-33(22)42-20-36-15-29-18-40-29)31-8-9-32(25(4)24(31)3)27-13-23(2)35(38-11-5-6-28-17-39-28)34(14-27)43-21-37-16-30-19-41-30/h7-10,12-14,28-30H,5-6,11,15-21H2,1-4H3. The van der Waals surface area contributed by atoms with E-state index in [1.165, 1.54) is 16.7 Å². The number of ether oxygens (including phenoxy) is 8. The fraction of sp³-hybridized carbons (Fsp3) is 0.486. The molecule has 6 rings (SSSR count). The van der Waals surface area contributed by atoms with E-state index in [-0.39, 0.29) is 25.8 Å². The first kappa shape index (κ1) is 29.9. The topological polar surface area (TPSA) is 83.7 Å². The van der Waals surface area contributed by atoms with Crippen LogP contribution in [0.3, 0.4) is 0 Å². The highest BCUT2D eigenvalue weighted by atomic mass is 16.7. The van der Waals surface area contributed by atoms with Crippen LogP contribution in [-0.2, 0) is 23.7 Å². The van der Waals surface area contributed by atoms with Gasteiger partial charge in [-0.25, -0.2) is 0 Å². The molecule has 0 amide bonds. The quantitative estimate of drug-likeness (QED) is 0.103. The molecule has 0 bridgehead atoms. The summed E-state index contributed by atoms with van der Waals surface area (Å²) in [5, 5.41) is 0. The molecular formula is C35H42O8. The van der Waals surface area contributed by atoms with E-state index in [1.807, 2.05) is 6.07 Å². The Morgan fingerprint density at radius 1 is 0.628 bits per heavy atom. The van der Waals surface area contributed by atoms with E-state index < -0.39 is 0 Å². The number of hydrogen-bond acceptors (Lipinski definition) is 8. The molecule has 0 aliphatic carbocycles. The molecule has 0 N–H and O–H groups in total. The Kier molecular flexibility index (Phi) is 9.50. The number of epoxide rings is 3. The molecule has 0 saturated carbocycles. The highest BCUT2D eigenvalue weighted by Gasteiger charge is 2.24. The van der Waals surface area contributed by atoms with Crippen molar-refractivity contribution >= 4 is 0 Å². The zero-order chi connectivity index (χ0) is 29.8. The van der Waals surface area contributed by atoms with E-state index >= 15 is 0 Å². The first-order valence-electron chi connectivity index (χ1n) is 15.2. The first-order chi connectivity index (χ1) is 21.0. The molecule has 8 nitrogen and oxygen atoms in total. The molecule has 43 heavy (non-hydrogen) atoms. The second-order valence-corrected chi connectivity index (χ2v) is 11.6. The van der Waals surface area contributed by atoms with Crippen molar-refractivity contribution < 1.29 is 37.9 Å². The van der Waals surface area contributed by atoms with Crippen molar-refractivity contribution in [1.82, 2.24) is 0 Å². The van der Waals surface area contributed by atoms with Gasteiger partial charge in [0.25, 0.3) is 0 Å². The number of aryl methyl sites for hydroxylation is 2. The molecule has 3 fully saturated rings. The summed E-state index contributed by atoms with van der Waals surface area (Å²) in [6.45, 7) is 13.0. The van der Waals surface area contributed by atoms with E-state index in [2.05, 4.69) is 64.1 Å². The third-order valence-corrected chi connectivity index (χ3v) is 8.15. The maximum Gasteiger partial charge on any atom is 0.189 e. The van der Waals surface area contributed by atoms with E-state index in [4.69, 9.17) is 37.9 Å². The zero-order valence-electron chi connectivity index (χ0n) is 25.6. The lowest BCUT2D eigenvalue weighted by Crippen LogP contribution is -2.10. The van der Waals surface area contributed by atoms with Gasteiger partial charge < -0.3 is 37.9 Å². The lowest BCUT2D eigenvalue weighted by Gasteiger charge is -2.19. The van der Waals surface area contributed by atoms with Gasteiger partial charge in [-0.3, -0.25) is 0 Å². The smallest absolute Gasteiger partial charge is 0.189 e. The van der Waals surface area contributed by atoms with Gasteiger partial charge in [-0.2, -0.15) is 0 Å². The van der Waals surface area contributed by atoms with Crippen molar-refractivity contribution in [3.63, 3.8) is 0 Å². The minimum atomic E-state index is 0.145. The van der Waals surface area contributed by atoms with Gasteiger partial charge in [-0.15, -0.1) is 0 Å². The van der Waals surface area contributed by atoms with Crippen LogP contribution in [0.1, 0.15) is 35.1 Å². The average Bonchev–Trinajstić information content (AvgIpc) is 3.84. The minimum absolute atomic E-state index is 0.145. The fourth-order valence-electron chi connectivity index (χ4n) is 5.23. The van der Waals surface area contributed by atoms with Crippen molar-refractivity contribution in [2.75, 3.05) is 53.2 Å². The fourth-order valence-corrected chi connectivity index (χ4v) is 5.23. The second kappa shape index (κ2) is 13.7. The van der Waals surface area contributed by atoms with Crippen molar-refractivity contribution in [3.05, 3.63) is 64.7 Å². The van der Waals surface area contributed by atoms with Gasteiger partial charge in [0.05, 0.1) is 45.7 Å². The Bertz CT molecular complexity index is 1410. The summed E-state index contributed by atoms with van der Waals surface area (Å²) in [6.07, 6.45) is 2.78. The van der Waals surface area contributed by atoms with Gasteiger partial charge in [0.1, 0.15) is 18.0 Å². The van der Waals surface area contributed by atoms with Crippen molar-refractivity contribution in [3.8, 4) is 39.5 Å². The summed E-state index contributed by atoms with van der Waals surface area (Å²) < 4.78 is 45.2. The van der Waals surface area contributed by atoms with Crippen LogP contribution in [0.4, 0.5) is 0 Å². The van der Waals surface area contributed by atoms with Gasteiger partial charge in [0.2, 0.25) is 0 Å². The first-order valence-corrected chi connectivity index (χ1v) is 15.2. The summed E-state index contributed by atoms with van der Waals surface area (Å²) >= 11 is 0. The minimum Gasteiger partial charge on any atom is -0.489 e.